The van der Waals surface area contributed by atoms with Crippen molar-refractivity contribution in [2.75, 3.05) is 0 Å². The van der Waals surface area contributed by atoms with E-state index in [0.29, 0.717) is 0 Å². The van der Waals surface area contributed by atoms with Crippen LogP contribution in [0.2, 0.25) is 0 Å². The highest BCUT2D eigenvalue weighted by Crippen LogP contribution is 3.09. The standard InChI is InChI=1S/C12H4N4/c1-13-9-5-10(14-2)6(9)12(16-4)7(9)11(5,15-3)8(10)12/h5-8H. The largest absolute Gasteiger partial charge is 0.307 e. The maximum absolute atomic E-state index is 7.32. The van der Waals surface area contributed by atoms with Gasteiger partial charge in [-0.1, -0.05) is 0 Å². The highest BCUT2D eigenvalue weighted by molar-refractivity contribution is 5.83. The SMILES string of the molecule is [C-]#[N+]C12C3C4([N+]#[C-])C1C1([N+]#[C-])C2C3([N+]#[C-])C41. The van der Waals surface area contributed by atoms with Gasteiger partial charge in [-0.25, -0.2) is 26.3 Å². The van der Waals surface area contributed by atoms with Crippen LogP contribution in [0.25, 0.3) is 19.4 Å². The van der Waals surface area contributed by atoms with Crippen molar-refractivity contribution in [1.29, 1.82) is 0 Å². The summed E-state index contributed by atoms with van der Waals surface area (Å²) in [6.45, 7) is 29.3. The van der Waals surface area contributed by atoms with Gasteiger partial charge >= 0.3 is 0 Å². The first-order chi connectivity index (χ1) is 7.71. The van der Waals surface area contributed by atoms with Crippen LogP contribution in [-0.4, -0.2) is 22.2 Å². The normalized spacial score (nSPS) is 76.2. The van der Waals surface area contributed by atoms with Gasteiger partial charge in [-0.15, -0.1) is 0 Å². The molecule has 0 aliphatic heterocycles. The molecule has 0 N–H and O–H groups in total. The van der Waals surface area contributed by atoms with Gasteiger partial charge in [-0.2, -0.15) is 0 Å². The Labute approximate surface area is 92.1 Å². The van der Waals surface area contributed by atoms with E-state index in [4.69, 9.17) is 26.3 Å². The second kappa shape index (κ2) is 1.29. The smallest absolute Gasteiger partial charge is 0.288 e. The van der Waals surface area contributed by atoms with Crippen LogP contribution < -0.4 is 0 Å². The van der Waals surface area contributed by atoms with E-state index >= 15 is 0 Å². The number of rotatable bonds is 0. The molecule has 0 unspecified atom stereocenters. The minimum Gasteiger partial charge on any atom is -0.307 e. The summed E-state index contributed by atoms with van der Waals surface area (Å²) in [6.07, 6.45) is 0. The molecule has 4 heteroatoms. The second-order valence-electron chi connectivity index (χ2n) is 5.73. The van der Waals surface area contributed by atoms with E-state index < -0.39 is 22.2 Å². The van der Waals surface area contributed by atoms with Crippen LogP contribution in [-0.2, 0) is 0 Å². The molecule has 0 heterocycles. The van der Waals surface area contributed by atoms with Crippen LogP contribution >= 0.6 is 0 Å². The highest BCUT2D eigenvalue weighted by Gasteiger charge is 3.39. The first-order valence-corrected chi connectivity index (χ1v) is 5.25. The quantitative estimate of drug-likeness (QED) is 0.527. The summed E-state index contributed by atoms with van der Waals surface area (Å²) in [5.74, 6) is -0.0421. The van der Waals surface area contributed by atoms with Crippen molar-refractivity contribution < 1.29 is 0 Å². The molecule has 0 aromatic rings. The van der Waals surface area contributed by atoms with E-state index in [-0.39, 0.29) is 23.7 Å². The maximum atomic E-state index is 7.32. The van der Waals surface area contributed by atoms with Crippen molar-refractivity contribution in [2.24, 2.45) is 23.7 Å². The van der Waals surface area contributed by atoms with Gasteiger partial charge in [0.25, 0.3) is 22.2 Å². The molecule has 0 aromatic carbocycles. The Morgan fingerprint density at radius 1 is 0.500 bits per heavy atom. The predicted molar refractivity (Wildman–Crippen MR) is 51.3 cm³/mol. The van der Waals surface area contributed by atoms with Crippen LogP contribution in [0.3, 0.4) is 0 Å². The van der Waals surface area contributed by atoms with Crippen molar-refractivity contribution in [1.82, 2.24) is 0 Å². The summed E-state index contributed by atoms with van der Waals surface area (Å²) < 4.78 is 0. The van der Waals surface area contributed by atoms with E-state index in [9.17, 15) is 0 Å². The molecule has 4 nitrogen and oxygen atoms in total. The molecular formula is C12H4N4. The van der Waals surface area contributed by atoms with Crippen molar-refractivity contribution in [3.63, 3.8) is 0 Å². The zero-order valence-electron chi connectivity index (χ0n) is 8.10. The number of hydrogen-bond acceptors (Lipinski definition) is 0. The van der Waals surface area contributed by atoms with Crippen LogP contribution in [0.1, 0.15) is 0 Å². The topological polar surface area (TPSA) is 17.4 Å². The highest BCUT2D eigenvalue weighted by atomic mass is 15.4. The van der Waals surface area contributed by atoms with Gasteiger partial charge < -0.3 is 19.4 Å². The molecule has 6 saturated carbocycles. The first kappa shape index (κ1) is 7.27. The van der Waals surface area contributed by atoms with Gasteiger partial charge in [0, 0.05) is 0 Å². The fourth-order valence-electron chi connectivity index (χ4n) is 6.64. The lowest BCUT2D eigenvalue weighted by atomic mass is 8.91. The third kappa shape index (κ3) is 0.214. The number of hydrogen-bond donors (Lipinski definition) is 0. The predicted octanol–water partition coefficient (Wildman–Crippen LogP) is 1.15. The van der Waals surface area contributed by atoms with E-state index in [1.807, 2.05) is 0 Å². The zero-order chi connectivity index (χ0) is 11.1. The van der Waals surface area contributed by atoms with Gasteiger partial charge in [-0.05, 0) is 0 Å². The fourth-order valence-corrected chi connectivity index (χ4v) is 6.64. The Balaban J connectivity index is 1.82. The molecule has 0 saturated heterocycles. The van der Waals surface area contributed by atoms with Gasteiger partial charge in [0.1, 0.15) is 0 Å². The van der Waals surface area contributed by atoms with Crippen molar-refractivity contribution in [3.05, 3.63) is 45.7 Å². The second-order valence-corrected chi connectivity index (χ2v) is 5.73. The van der Waals surface area contributed by atoms with E-state index in [1.54, 1.807) is 0 Å². The molecule has 6 aliphatic carbocycles. The minimum atomic E-state index is -0.450. The summed E-state index contributed by atoms with van der Waals surface area (Å²) in [5.41, 5.74) is -1.80. The molecule has 16 heavy (non-hydrogen) atoms. The molecular weight excluding hydrogens is 200 g/mol. The molecule has 6 fully saturated rings. The van der Waals surface area contributed by atoms with E-state index in [2.05, 4.69) is 19.4 Å². The Morgan fingerprint density at radius 3 is 0.812 bits per heavy atom. The average molecular weight is 204 g/mol. The third-order valence-corrected chi connectivity index (χ3v) is 6.32. The average Bonchev–Trinajstić information content (AvgIpc) is 2.35. The molecule has 0 radical (unpaired) electrons. The fraction of sp³-hybridized carbons (Fsp3) is 0.667. The lowest BCUT2D eigenvalue weighted by molar-refractivity contribution is -0.547. The summed E-state index contributed by atoms with van der Waals surface area (Å²) in [5, 5.41) is 0. The Hall–Kier alpha value is -2.04. The lowest BCUT2D eigenvalue weighted by Crippen LogP contribution is -3.26. The zero-order valence-corrected chi connectivity index (χ0v) is 8.10. The summed E-state index contributed by atoms with van der Waals surface area (Å²) >= 11 is 0. The van der Waals surface area contributed by atoms with Crippen LogP contribution in [0.5, 0.6) is 0 Å². The molecule has 0 aromatic heterocycles. The molecule has 6 aliphatic rings. The van der Waals surface area contributed by atoms with Crippen LogP contribution in [0.15, 0.2) is 0 Å². The van der Waals surface area contributed by atoms with Crippen molar-refractivity contribution in [2.45, 2.75) is 22.2 Å². The van der Waals surface area contributed by atoms with Crippen LogP contribution in [0, 0.1) is 50.0 Å². The Morgan fingerprint density at radius 2 is 0.688 bits per heavy atom. The number of nitrogens with zero attached hydrogens (tertiary/aromatic N) is 4. The Kier molecular flexibility index (Phi) is 0.584. The van der Waals surface area contributed by atoms with E-state index in [1.165, 1.54) is 0 Å². The first-order valence-electron chi connectivity index (χ1n) is 5.25. The van der Waals surface area contributed by atoms with E-state index in [0.717, 1.165) is 0 Å². The van der Waals surface area contributed by atoms with Crippen LogP contribution in [0.4, 0.5) is 0 Å². The molecule has 72 valence electrons. The maximum Gasteiger partial charge on any atom is 0.288 e. The molecule has 0 bridgehead atoms. The molecule has 0 amide bonds. The van der Waals surface area contributed by atoms with Crippen molar-refractivity contribution in [3.8, 4) is 0 Å². The Bertz CT molecular complexity index is 507. The van der Waals surface area contributed by atoms with Gasteiger partial charge in [0.05, 0.1) is 0 Å². The minimum absolute atomic E-state index is 0.0105. The summed E-state index contributed by atoms with van der Waals surface area (Å²) in [6, 6.07) is 0. The third-order valence-electron chi connectivity index (χ3n) is 6.32. The summed E-state index contributed by atoms with van der Waals surface area (Å²) in [7, 11) is 0. The monoisotopic (exact) mass is 204 g/mol. The van der Waals surface area contributed by atoms with Gasteiger partial charge in [-0.3, -0.25) is 0 Å². The van der Waals surface area contributed by atoms with Gasteiger partial charge in [0.2, 0.25) is 0 Å². The lowest BCUT2D eigenvalue weighted by Gasteiger charge is -2.96. The van der Waals surface area contributed by atoms with Gasteiger partial charge in [0.15, 0.2) is 23.7 Å². The molecule has 0 spiro atoms. The molecule has 0 atom stereocenters. The van der Waals surface area contributed by atoms with Crippen molar-refractivity contribution >= 4 is 0 Å². The molecule has 6 rings (SSSR count). The summed E-state index contributed by atoms with van der Waals surface area (Å²) in [4.78, 5) is 14.9.